The fourth-order valence-electron chi connectivity index (χ4n) is 16.4. The number of ether oxygens (including phenoxy) is 4. The molecule has 11 aromatic carbocycles. The van der Waals surface area contributed by atoms with Crippen molar-refractivity contribution in [2.75, 3.05) is 53.1 Å². The summed E-state index contributed by atoms with van der Waals surface area (Å²) >= 11 is 0. The predicted octanol–water partition coefficient (Wildman–Crippen LogP) is 15.8. The van der Waals surface area contributed by atoms with E-state index in [2.05, 4.69) is 69.8 Å². The maximum absolute atomic E-state index is 12.6. The number of nitrogens with one attached hydrogen (secondary N) is 4. The number of alkyl carbamates (subject to hydrolysis) is 3. The van der Waals surface area contributed by atoms with Crippen LogP contribution in [0.3, 0.4) is 0 Å². The number of rotatable bonds is 28. The molecule has 0 saturated carbocycles. The smallest absolute Gasteiger partial charge is 0.407 e. The number of nitrogens with zero attached hydrogens (tertiary/aromatic N) is 1. The summed E-state index contributed by atoms with van der Waals surface area (Å²) in [5.41, 5.74) is 23.0. The number of aliphatic carboxylic acids is 5. The lowest BCUT2D eigenvalue weighted by molar-refractivity contribution is -0.146. The third kappa shape index (κ3) is 23.7. The summed E-state index contributed by atoms with van der Waals surface area (Å²) in [7, 11) is 1.72. The van der Waals surface area contributed by atoms with Crippen molar-refractivity contribution >= 4 is 60.0 Å². The van der Waals surface area contributed by atoms with E-state index in [1.165, 1.54) is 45.2 Å². The van der Waals surface area contributed by atoms with Crippen molar-refractivity contribution in [2.45, 2.75) is 107 Å². The quantitative estimate of drug-likeness (QED) is 0.0161. The molecule has 25 nitrogen and oxygen atoms in total. The number of benzene rings is 11. The molecule has 11 aromatic rings. The van der Waals surface area contributed by atoms with Gasteiger partial charge in [-0.05, 0) is 150 Å². The van der Waals surface area contributed by atoms with E-state index in [4.69, 9.17) is 39.4 Å². The third-order valence-electron chi connectivity index (χ3n) is 23.0. The van der Waals surface area contributed by atoms with Crippen LogP contribution in [-0.4, -0.2) is 173 Å². The van der Waals surface area contributed by atoms with Crippen LogP contribution in [0.2, 0.25) is 0 Å². The van der Waals surface area contributed by atoms with Crippen molar-refractivity contribution in [1.29, 1.82) is 0 Å². The summed E-state index contributed by atoms with van der Waals surface area (Å²) in [6, 6.07) is 87.1. The largest absolute Gasteiger partial charge is 0.481 e. The number of hydrogen-bond donors (Lipinski definition) is 10. The number of carbonyl (C=O) groups is 10. The van der Waals surface area contributed by atoms with E-state index in [1.807, 2.05) is 212 Å². The molecule has 0 aromatic heterocycles. The van der Waals surface area contributed by atoms with E-state index in [1.54, 1.807) is 26.1 Å². The molecule has 0 spiro atoms. The lowest BCUT2D eigenvalue weighted by atomic mass is 9.98. The number of piperidine rings is 1. The molecule has 4 aliphatic carbocycles. The molecule has 1 fully saturated rings. The number of carboxylic acids is 5. The normalized spacial score (nSPS) is 14.4. The van der Waals surface area contributed by atoms with E-state index in [-0.39, 0.29) is 93.8 Å². The maximum atomic E-state index is 12.6. The summed E-state index contributed by atoms with van der Waals surface area (Å²) in [5, 5.41) is 64.8. The average molecular weight is 1720 g/mol. The van der Waals surface area contributed by atoms with Gasteiger partial charge in [0.05, 0.1) is 24.5 Å². The lowest BCUT2D eigenvalue weighted by Crippen LogP contribution is -2.51. The summed E-state index contributed by atoms with van der Waals surface area (Å²) in [6.07, 6.45) is -0.444. The molecule has 0 bridgehead atoms. The second kappa shape index (κ2) is 44.2. The Labute approximate surface area is 735 Å². The molecule has 654 valence electrons. The van der Waals surface area contributed by atoms with Crippen LogP contribution in [0, 0.1) is 5.92 Å². The molecule has 5 aliphatic rings. The van der Waals surface area contributed by atoms with Crippen LogP contribution in [0.1, 0.15) is 124 Å². The monoisotopic (exact) mass is 1720 g/mol. The number of likely N-dealkylation sites (N-methyl/N-ethyl adjacent to an activating group) is 1. The highest BCUT2D eigenvalue weighted by molar-refractivity contribution is 5.87. The van der Waals surface area contributed by atoms with Gasteiger partial charge >= 0.3 is 54.1 Å². The Balaban J connectivity index is 0.000000148. The Kier molecular flexibility index (Phi) is 31.9. The first kappa shape index (κ1) is 91.6. The van der Waals surface area contributed by atoms with Gasteiger partial charge in [0, 0.05) is 49.6 Å². The highest BCUT2D eigenvalue weighted by Crippen LogP contribution is 2.48. The number of carbonyl (C=O) groups excluding carboxylic acids is 5. The molecule has 5 atom stereocenters. The molecular formula is C102H101N5O20. The van der Waals surface area contributed by atoms with Gasteiger partial charge in [0.25, 0.3) is 0 Å². The van der Waals surface area contributed by atoms with E-state index in [0.29, 0.717) is 26.0 Å². The predicted molar refractivity (Wildman–Crippen MR) is 478 cm³/mol. The fraction of sp³-hybridized carbons (Fsp3) is 0.255. The summed E-state index contributed by atoms with van der Waals surface area (Å²) in [4.78, 5) is 117. The van der Waals surface area contributed by atoms with E-state index >= 15 is 0 Å². The van der Waals surface area contributed by atoms with Gasteiger partial charge in [0.15, 0.2) is 6.04 Å². The molecule has 127 heavy (non-hydrogen) atoms. The summed E-state index contributed by atoms with van der Waals surface area (Å²) < 4.78 is 21.8. The number of aliphatic hydroxyl groups excluding tert-OH is 1. The topological polar surface area (TPSA) is 380 Å². The molecule has 10 N–H and O–H groups in total. The second-order valence-corrected chi connectivity index (χ2v) is 31.3. The molecular weight excluding hydrogens is 1620 g/mol. The van der Waals surface area contributed by atoms with Crippen molar-refractivity contribution < 1.29 is 97.5 Å². The van der Waals surface area contributed by atoms with Crippen LogP contribution in [0.25, 0.3) is 55.6 Å². The van der Waals surface area contributed by atoms with Gasteiger partial charge < -0.3 is 75.8 Å². The standard InChI is InChI=1S/C30H25NO4.C25H22O4.C20H21NO5.C19H19NO4.C8H14N2O3/c32-29(33)28(18-20-14-16-22(17-15-20)21-8-2-1-3-9-21)31-30(34)35-19-27-25-12-6-4-10-23(25)24-11-5-7-13-26(24)27;26-24(27)15-18-11-9-17(10-12-18)13-14-25(28)29-16-23-21-7-3-1-5-19(21)20-6-2-4-8-22(20)23;1-2-17(22)18(19(23)24)21-20(25)26-11-16-14-9-5-3-7-12(14)13-8-4-6-10-15(13)16;1-12(18(21)22)10-20-19(23)24-11-17-15-8-4-2-6-13(15)14-7-3-5-9-16(14)17;1-9-6-3-2-4-10(8(6)13)5-7(11)12/h1-17,27-28H,18-19H2,(H,31,34)(H,32,33);1-12,23H,13-16H2,(H,26,27);3-10,16-18,22H,2,11H2,1H3,(H,21,25)(H,23,24);2-9,12,17H,10-11H2,1H3,(H,20,23)(H,21,22);6,9H,2-5H2,1H3,(H,11,12)/t28-;;17-,18-;12-;6-/m0.100/s1. The Bertz CT molecular complexity index is 5540. The first-order valence-corrected chi connectivity index (χ1v) is 42.1. The van der Waals surface area contributed by atoms with Gasteiger partial charge in [-0.1, -0.05) is 287 Å². The number of aliphatic hydroxyl groups is 1. The van der Waals surface area contributed by atoms with Crippen molar-refractivity contribution in [3.8, 4) is 55.6 Å². The van der Waals surface area contributed by atoms with Crippen LogP contribution in [0.5, 0.6) is 0 Å². The lowest BCUT2D eigenvalue weighted by Gasteiger charge is -2.30. The van der Waals surface area contributed by atoms with Gasteiger partial charge in [0.2, 0.25) is 5.91 Å². The molecule has 1 saturated heterocycles. The molecule has 25 heteroatoms. The first-order chi connectivity index (χ1) is 61.5. The number of carboxylic acid groups (broad SMARTS) is 5. The van der Waals surface area contributed by atoms with Crippen LogP contribution in [0.4, 0.5) is 14.4 Å². The van der Waals surface area contributed by atoms with Crippen LogP contribution in [0.15, 0.2) is 273 Å². The Morgan fingerprint density at radius 3 is 1.15 bits per heavy atom. The number of hydrogen-bond acceptors (Lipinski definition) is 16. The summed E-state index contributed by atoms with van der Waals surface area (Å²) in [5.74, 6) is -6.24. The molecule has 1 aliphatic heterocycles. The zero-order valence-corrected chi connectivity index (χ0v) is 70.4. The van der Waals surface area contributed by atoms with E-state index in [9.17, 15) is 58.2 Å². The summed E-state index contributed by atoms with van der Waals surface area (Å²) in [6.45, 7) is 4.39. The van der Waals surface area contributed by atoms with Crippen LogP contribution < -0.4 is 21.3 Å². The van der Waals surface area contributed by atoms with Crippen molar-refractivity contribution in [3.63, 3.8) is 0 Å². The minimum atomic E-state index is -1.39. The maximum Gasteiger partial charge on any atom is 0.407 e. The van der Waals surface area contributed by atoms with Gasteiger partial charge in [-0.15, -0.1) is 0 Å². The van der Waals surface area contributed by atoms with Gasteiger partial charge in [0.1, 0.15) is 39.0 Å². The van der Waals surface area contributed by atoms with Gasteiger partial charge in [-0.3, -0.25) is 24.0 Å². The zero-order chi connectivity index (χ0) is 90.0. The number of esters is 1. The Morgan fingerprint density at radius 2 is 0.780 bits per heavy atom. The molecule has 0 radical (unpaired) electrons. The van der Waals surface area contributed by atoms with Crippen molar-refractivity contribution in [1.82, 2.24) is 26.2 Å². The van der Waals surface area contributed by atoms with Crippen molar-refractivity contribution in [3.05, 3.63) is 334 Å². The Morgan fingerprint density at radius 1 is 0.417 bits per heavy atom. The van der Waals surface area contributed by atoms with Gasteiger partial charge in [-0.2, -0.15) is 0 Å². The minimum absolute atomic E-state index is 0.0000437. The number of amides is 4. The highest BCUT2D eigenvalue weighted by Gasteiger charge is 2.36. The molecule has 16 rings (SSSR count). The first-order valence-electron chi connectivity index (χ1n) is 42.1. The SMILES string of the molecule is CC[C@@H](O)[C@@H](NC(=O)OCC1c2ccccc2-c2ccccc21)C(=O)O.CN[C@H]1CCCN(CC(=O)O)C1=O.C[C@@H](CNC(=O)OCC1c2ccccc2-c2ccccc21)C(=O)O.O=C(N[C@@H](Cc1ccc(-c2ccccc2)cc1)C(=O)O)OCC1c2ccccc2-c2ccccc21.O=C(O)Cc1ccc(CCC(=O)OCC2c3ccccc3-c3ccccc32)cc1. The van der Waals surface area contributed by atoms with Gasteiger partial charge in [-0.25, -0.2) is 24.0 Å². The fourth-order valence-corrected chi connectivity index (χ4v) is 16.4. The highest BCUT2D eigenvalue weighted by atomic mass is 16.6. The zero-order valence-electron chi connectivity index (χ0n) is 70.4. The van der Waals surface area contributed by atoms with Crippen molar-refractivity contribution in [2.24, 2.45) is 5.92 Å². The van der Waals surface area contributed by atoms with Crippen LogP contribution >= 0.6 is 0 Å². The number of likely N-dealkylation sites (tertiary alicyclic amines) is 1. The molecule has 4 amide bonds. The average Bonchev–Trinajstić information content (AvgIpc) is 1.63. The minimum Gasteiger partial charge on any atom is -0.481 e. The molecule has 1 heterocycles. The van der Waals surface area contributed by atoms with Crippen LogP contribution in [-0.2, 0) is 71.8 Å². The Hall–Kier alpha value is -14.6. The molecule has 0 unspecified atom stereocenters. The number of aryl methyl sites for hydroxylation is 1. The van der Waals surface area contributed by atoms with E-state index in [0.717, 1.165) is 96.3 Å². The second-order valence-electron chi connectivity index (χ2n) is 31.3. The third-order valence-corrected chi connectivity index (χ3v) is 23.0. The van der Waals surface area contributed by atoms with E-state index < -0.39 is 72.2 Å². The number of fused-ring (bicyclic) bond motifs is 12.